The molecule has 0 atom stereocenters. The summed E-state index contributed by atoms with van der Waals surface area (Å²) in [5, 5.41) is 14.1. The molecule has 6 nitrogen and oxygen atoms in total. The lowest BCUT2D eigenvalue weighted by Crippen LogP contribution is -2.36. The van der Waals surface area contributed by atoms with E-state index in [2.05, 4.69) is 24.1 Å². The van der Waals surface area contributed by atoms with Crippen molar-refractivity contribution in [3.05, 3.63) is 22.2 Å². The van der Waals surface area contributed by atoms with Crippen LogP contribution in [0.15, 0.2) is 12.1 Å². The van der Waals surface area contributed by atoms with Crippen molar-refractivity contribution in [1.82, 2.24) is 4.98 Å². The zero-order valence-corrected chi connectivity index (χ0v) is 12.3. The molecule has 0 aromatic carbocycles. The molecule has 1 N–H and O–H groups in total. The van der Waals surface area contributed by atoms with Gasteiger partial charge in [0.2, 0.25) is 5.82 Å². The molecule has 2 heterocycles. The van der Waals surface area contributed by atoms with Gasteiger partial charge in [0.05, 0.1) is 4.92 Å². The number of hydrogen-bond donors (Lipinski definition) is 1. The van der Waals surface area contributed by atoms with Crippen molar-refractivity contribution in [2.24, 2.45) is 11.8 Å². The molecule has 0 spiro atoms. The summed E-state index contributed by atoms with van der Waals surface area (Å²) in [6, 6.07) is 3.17. The Morgan fingerprint density at radius 3 is 2.55 bits per heavy atom. The molecule has 110 valence electrons. The highest BCUT2D eigenvalue weighted by Crippen LogP contribution is 2.32. The Kier molecular flexibility index (Phi) is 4.42. The van der Waals surface area contributed by atoms with Gasteiger partial charge < -0.3 is 10.2 Å². The van der Waals surface area contributed by atoms with Crippen LogP contribution in [-0.2, 0) is 0 Å². The first-order valence-corrected chi connectivity index (χ1v) is 7.11. The number of nitrogens with one attached hydrogen (secondary N) is 1. The van der Waals surface area contributed by atoms with Crippen LogP contribution in [0, 0.1) is 22.0 Å². The van der Waals surface area contributed by atoms with E-state index < -0.39 is 0 Å². The predicted octanol–water partition coefficient (Wildman–Crippen LogP) is 2.90. The number of nitro groups is 1. The molecule has 0 amide bonds. The molecule has 1 aliphatic heterocycles. The Bertz CT molecular complexity index is 482. The van der Waals surface area contributed by atoms with Gasteiger partial charge in [0.25, 0.3) is 0 Å². The minimum atomic E-state index is -0.351. The van der Waals surface area contributed by atoms with E-state index in [0.29, 0.717) is 23.5 Å². The number of anilines is 2. The molecular weight excluding hydrogens is 256 g/mol. The molecule has 2 rings (SSSR count). The average molecular weight is 278 g/mol. The maximum atomic E-state index is 11.2. The van der Waals surface area contributed by atoms with Gasteiger partial charge in [-0.15, -0.1) is 0 Å². The normalized spacial score (nSPS) is 16.5. The minimum Gasteiger partial charge on any atom is -0.373 e. The van der Waals surface area contributed by atoms with Crippen molar-refractivity contribution in [3.8, 4) is 0 Å². The largest absolute Gasteiger partial charge is 0.373 e. The summed E-state index contributed by atoms with van der Waals surface area (Å²) < 4.78 is 0. The SMILES string of the molecule is CNc1ccc([N+](=O)[O-])c(N2CCC(C(C)C)CC2)n1. The number of piperidine rings is 1. The molecule has 6 heteroatoms. The fraction of sp³-hybridized carbons (Fsp3) is 0.643. The van der Waals surface area contributed by atoms with Gasteiger partial charge in [-0.25, -0.2) is 4.98 Å². The summed E-state index contributed by atoms with van der Waals surface area (Å²) in [4.78, 5) is 17.2. The number of pyridine rings is 1. The molecule has 0 radical (unpaired) electrons. The summed E-state index contributed by atoms with van der Waals surface area (Å²) in [7, 11) is 1.77. The lowest BCUT2D eigenvalue weighted by molar-refractivity contribution is -0.384. The highest BCUT2D eigenvalue weighted by molar-refractivity contribution is 5.61. The molecule has 1 aliphatic rings. The molecule has 0 bridgehead atoms. The standard InChI is InChI=1S/C14H22N4O2/c1-10(2)11-6-8-17(9-7-11)14-12(18(19)20)4-5-13(15-3)16-14/h4-5,10-11H,6-9H2,1-3H3,(H,15,16). The Morgan fingerprint density at radius 2 is 2.05 bits per heavy atom. The van der Waals surface area contributed by atoms with Crippen LogP contribution in [-0.4, -0.2) is 30.0 Å². The van der Waals surface area contributed by atoms with E-state index in [-0.39, 0.29) is 10.6 Å². The molecule has 1 saturated heterocycles. The maximum Gasteiger partial charge on any atom is 0.311 e. The van der Waals surface area contributed by atoms with Gasteiger partial charge in [-0.1, -0.05) is 13.8 Å². The zero-order chi connectivity index (χ0) is 14.7. The van der Waals surface area contributed by atoms with E-state index in [4.69, 9.17) is 0 Å². The maximum absolute atomic E-state index is 11.2. The lowest BCUT2D eigenvalue weighted by Gasteiger charge is -2.34. The van der Waals surface area contributed by atoms with Gasteiger partial charge in [0.1, 0.15) is 5.82 Å². The van der Waals surface area contributed by atoms with Crippen LogP contribution in [0.3, 0.4) is 0 Å². The molecule has 1 fully saturated rings. The molecule has 1 aromatic heterocycles. The van der Waals surface area contributed by atoms with Crippen molar-refractivity contribution in [1.29, 1.82) is 0 Å². The smallest absolute Gasteiger partial charge is 0.311 e. The third kappa shape index (κ3) is 3.00. The van der Waals surface area contributed by atoms with Crippen LogP contribution in [0.4, 0.5) is 17.3 Å². The third-order valence-corrected chi connectivity index (χ3v) is 4.09. The van der Waals surface area contributed by atoms with E-state index >= 15 is 0 Å². The first kappa shape index (κ1) is 14.6. The summed E-state index contributed by atoms with van der Waals surface area (Å²) >= 11 is 0. The van der Waals surface area contributed by atoms with Crippen LogP contribution in [0.5, 0.6) is 0 Å². The van der Waals surface area contributed by atoms with Crippen molar-refractivity contribution >= 4 is 17.3 Å². The van der Waals surface area contributed by atoms with Crippen LogP contribution in [0.25, 0.3) is 0 Å². The number of nitrogens with zero attached hydrogens (tertiary/aromatic N) is 3. The van der Waals surface area contributed by atoms with Gasteiger partial charge in [-0.2, -0.15) is 0 Å². The predicted molar refractivity (Wildman–Crippen MR) is 80.2 cm³/mol. The summed E-state index contributed by atoms with van der Waals surface area (Å²) in [5.41, 5.74) is 0.0898. The second-order valence-corrected chi connectivity index (χ2v) is 5.61. The van der Waals surface area contributed by atoms with Crippen molar-refractivity contribution in [2.45, 2.75) is 26.7 Å². The van der Waals surface area contributed by atoms with Crippen LogP contribution in [0.2, 0.25) is 0 Å². The van der Waals surface area contributed by atoms with Gasteiger partial charge in [0, 0.05) is 26.2 Å². The van der Waals surface area contributed by atoms with E-state index in [1.54, 1.807) is 13.1 Å². The highest BCUT2D eigenvalue weighted by Gasteiger charge is 2.27. The number of rotatable bonds is 4. The summed E-state index contributed by atoms with van der Waals surface area (Å²) in [6.07, 6.45) is 2.14. The minimum absolute atomic E-state index is 0.0898. The number of aromatic nitrogens is 1. The zero-order valence-electron chi connectivity index (χ0n) is 12.3. The monoisotopic (exact) mass is 278 g/mol. The van der Waals surface area contributed by atoms with Crippen LogP contribution < -0.4 is 10.2 Å². The first-order valence-electron chi connectivity index (χ1n) is 7.11. The summed E-state index contributed by atoms with van der Waals surface area (Å²) in [6.45, 7) is 6.15. The van der Waals surface area contributed by atoms with Crippen molar-refractivity contribution in [3.63, 3.8) is 0 Å². The Morgan fingerprint density at radius 1 is 1.40 bits per heavy atom. The molecule has 0 aliphatic carbocycles. The number of hydrogen-bond acceptors (Lipinski definition) is 5. The van der Waals surface area contributed by atoms with Crippen LogP contribution >= 0.6 is 0 Å². The quantitative estimate of drug-likeness (QED) is 0.677. The Balaban J connectivity index is 2.21. The topological polar surface area (TPSA) is 71.3 Å². The molecular formula is C14H22N4O2. The van der Waals surface area contributed by atoms with E-state index in [9.17, 15) is 10.1 Å². The second-order valence-electron chi connectivity index (χ2n) is 5.61. The van der Waals surface area contributed by atoms with E-state index in [1.165, 1.54) is 6.07 Å². The highest BCUT2D eigenvalue weighted by atomic mass is 16.6. The van der Waals surface area contributed by atoms with Gasteiger partial charge >= 0.3 is 5.69 Å². The fourth-order valence-electron chi connectivity index (χ4n) is 2.73. The Labute approximate surface area is 119 Å². The van der Waals surface area contributed by atoms with Crippen LogP contribution in [0.1, 0.15) is 26.7 Å². The van der Waals surface area contributed by atoms with Gasteiger partial charge in [-0.3, -0.25) is 10.1 Å². The lowest BCUT2D eigenvalue weighted by atomic mass is 9.87. The molecule has 20 heavy (non-hydrogen) atoms. The molecule has 0 unspecified atom stereocenters. The fourth-order valence-corrected chi connectivity index (χ4v) is 2.73. The van der Waals surface area contributed by atoms with Gasteiger partial charge in [-0.05, 0) is 30.7 Å². The van der Waals surface area contributed by atoms with Crippen molar-refractivity contribution in [2.75, 3.05) is 30.4 Å². The molecule has 1 aromatic rings. The first-order chi connectivity index (χ1) is 9.52. The van der Waals surface area contributed by atoms with Gasteiger partial charge in [0.15, 0.2) is 0 Å². The Hall–Kier alpha value is -1.85. The second kappa shape index (κ2) is 6.07. The summed E-state index contributed by atoms with van der Waals surface area (Å²) in [5.74, 6) is 2.53. The van der Waals surface area contributed by atoms with E-state index in [0.717, 1.165) is 25.9 Å². The molecule has 0 saturated carbocycles. The van der Waals surface area contributed by atoms with E-state index in [1.807, 2.05) is 4.90 Å². The average Bonchev–Trinajstić information content (AvgIpc) is 2.46. The van der Waals surface area contributed by atoms with Crippen molar-refractivity contribution < 1.29 is 4.92 Å². The third-order valence-electron chi connectivity index (χ3n) is 4.09.